The van der Waals surface area contributed by atoms with E-state index in [2.05, 4.69) is 34.7 Å². The predicted octanol–water partition coefficient (Wildman–Crippen LogP) is 4.47. The number of halogens is 1. The normalized spacial score (nSPS) is 18.2. The number of carbonyl (C=O) groups excluding carboxylic acids is 1. The standard InChI is InChI=1S/C25H21IN4O2/c1-30-20-7-4-8-21(31)24(20)23(18(13-28)25(30)29)15-9-10-22(19(26)11-15)32-14-17-6-3-2-5-16(17)12-27/h2-3,5-6,9-11,23H,4,7-8,14,29H2,1H3/t23-/m0/s1. The molecule has 1 aliphatic carbocycles. The van der Waals surface area contributed by atoms with Gasteiger partial charge in [0, 0.05) is 30.3 Å². The molecule has 2 N–H and O–H groups in total. The van der Waals surface area contributed by atoms with Crippen LogP contribution in [0.15, 0.2) is 65.1 Å². The van der Waals surface area contributed by atoms with Crippen LogP contribution >= 0.6 is 22.6 Å². The number of nitrogens with two attached hydrogens (primary N) is 1. The van der Waals surface area contributed by atoms with E-state index in [0.717, 1.165) is 33.2 Å². The van der Waals surface area contributed by atoms with Crippen LogP contribution in [-0.4, -0.2) is 17.7 Å². The summed E-state index contributed by atoms with van der Waals surface area (Å²) in [5.41, 5.74) is 10.5. The van der Waals surface area contributed by atoms with E-state index in [1.165, 1.54) is 0 Å². The molecule has 2 aliphatic rings. The highest BCUT2D eigenvalue weighted by atomic mass is 127. The molecule has 0 amide bonds. The van der Waals surface area contributed by atoms with Crippen molar-refractivity contribution in [2.45, 2.75) is 31.8 Å². The molecule has 7 heteroatoms. The molecule has 0 radical (unpaired) electrons. The Kier molecular flexibility index (Phi) is 6.20. The zero-order valence-electron chi connectivity index (χ0n) is 17.6. The number of ketones is 1. The molecule has 6 nitrogen and oxygen atoms in total. The summed E-state index contributed by atoms with van der Waals surface area (Å²) in [6, 6.07) is 17.4. The quantitative estimate of drug-likeness (QED) is 0.579. The van der Waals surface area contributed by atoms with Gasteiger partial charge in [0.25, 0.3) is 0 Å². The van der Waals surface area contributed by atoms with Crippen LogP contribution in [-0.2, 0) is 11.4 Å². The summed E-state index contributed by atoms with van der Waals surface area (Å²) < 4.78 is 6.84. The van der Waals surface area contributed by atoms with E-state index in [-0.39, 0.29) is 12.4 Å². The average molecular weight is 536 g/mol. The zero-order valence-corrected chi connectivity index (χ0v) is 19.7. The number of allylic oxidation sites excluding steroid dienone is 3. The van der Waals surface area contributed by atoms with Crippen molar-refractivity contribution in [3.8, 4) is 17.9 Å². The molecule has 32 heavy (non-hydrogen) atoms. The summed E-state index contributed by atoms with van der Waals surface area (Å²) in [5, 5.41) is 19.1. The summed E-state index contributed by atoms with van der Waals surface area (Å²) in [5.74, 6) is 0.678. The zero-order chi connectivity index (χ0) is 22.8. The lowest BCUT2D eigenvalue weighted by atomic mass is 9.76. The molecule has 0 saturated heterocycles. The molecule has 1 atom stereocenters. The van der Waals surface area contributed by atoms with E-state index >= 15 is 0 Å². The lowest BCUT2D eigenvalue weighted by Gasteiger charge is -2.37. The molecule has 0 bridgehead atoms. The van der Waals surface area contributed by atoms with Gasteiger partial charge < -0.3 is 15.4 Å². The van der Waals surface area contributed by atoms with Crippen molar-refractivity contribution in [2.75, 3.05) is 7.05 Å². The van der Waals surface area contributed by atoms with Gasteiger partial charge >= 0.3 is 0 Å². The number of benzene rings is 2. The maximum absolute atomic E-state index is 12.9. The average Bonchev–Trinajstić information content (AvgIpc) is 2.80. The van der Waals surface area contributed by atoms with Crippen LogP contribution in [0.1, 0.15) is 41.9 Å². The van der Waals surface area contributed by atoms with Crippen LogP contribution in [0, 0.1) is 26.2 Å². The molecule has 2 aromatic carbocycles. The molecular weight excluding hydrogens is 515 g/mol. The van der Waals surface area contributed by atoms with Gasteiger partial charge in [-0.1, -0.05) is 24.3 Å². The summed E-state index contributed by atoms with van der Waals surface area (Å²) >= 11 is 2.19. The van der Waals surface area contributed by atoms with Crippen molar-refractivity contribution in [1.29, 1.82) is 10.5 Å². The minimum Gasteiger partial charge on any atom is -0.488 e. The molecule has 1 aliphatic heterocycles. The van der Waals surface area contributed by atoms with Crippen molar-refractivity contribution in [1.82, 2.24) is 4.90 Å². The first-order valence-electron chi connectivity index (χ1n) is 10.3. The molecule has 0 aromatic heterocycles. The first-order valence-corrected chi connectivity index (χ1v) is 11.3. The molecule has 0 saturated carbocycles. The summed E-state index contributed by atoms with van der Waals surface area (Å²) in [6.45, 7) is 0.275. The first kappa shape index (κ1) is 21.9. The predicted molar refractivity (Wildman–Crippen MR) is 128 cm³/mol. The number of carbonyl (C=O) groups is 1. The van der Waals surface area contributed by atoms with Crippen molar-refractivity contribution in [2.24, 2.45) is 5.73 Å². The molecule has 0 unspecified atom stereocenters. The SMILES string of the molecule is CN1C(N)=C(C#N)[C@H](c2ccc(OCc3ccccc3C#N)c(I)c2)C2=C1CCCC2=O. The lowest BCUT2D eigenvalue weighted by Crippen LogP contribution is -2.36. The molecule has 2 aromatic rings. The number of rotatable bonds is 4. The smallest absolute Gasteiger partial charge is 0.161 e. The Hall–Kier alpha value is -3.30. The second-order valence-electron chi connectivity index (χ2n) is 7.79. The van der Waals surface area contributed by atoms with E-state index in [4.69, 9.17) is 10.5 Å². The van der Waals surface area contributed by atoms with Crippen molar-refractivity contribution >= 4 is 28.4 Å². The third-order valence-corrected chi connectivity index (χ3v) is 6.82. The second kappa shape index (κ2) is 9.05. The molecule has 1 heterocycles. The third kappa shape index (κ3) is 3.85. The van der Waals surface area contributed by atoms with Gasteiger partial charge in [0.1, 0.15) is 18.2 Å². The van der Waals surface area contributed by atoms with Gasteiger partial charge in [0.2, 0.25) is 0 Å². The van der Waals surface area contributed by atoms with Gasteiger partial charge in [-0.15, -0.1) is 0 Å². The molecular formula is C25H21IN4O2. The fourth-order valence-electron chi connectivity index (χ4n) is 4.32. The topological polar surface area (TPSA) is 103 Å². The Balaban J connectivity index is 1.68. The highest BCUT2D eigenvalue weighted by Gasteiger charge is 2.38. The molecule has 0 spiro atoms. The molecule has 0 fully saturated rings. The number of Topliss-reactive ketones (excluding diaryl/α,β-unsaturated/α-hetero) is 1. The Morgan fingerprint density at radius 1 is 1.19 bits per heavy atom. The lowest BCUT2D eigenvalue weighted by molar-refractivity contribution is -0.116. The van der Waals surface area contributed by atoms with Crippen LogP contribution < -0.4 is 10.5 Å². The number of hydrogen-bond donors (Lipinski definition) is 1. The van der Waals surface area contributed by atoms with Crippen molar-refractivity contribution < 1.29 is 9.53 Å². The summed E-state index contributed by atoms with van der Waals surface area (Å²) in [4.78, 5) is 14.7. The minimum absolute atomic E-state index is 0.0757. The van der Waals surface area contributed by atoms with Crippen LogP contribution in [0.25, 0.3) is 0 Å². The van der Waals surface area contributed by atoms with Crippen LogP contribution in [0.5, 0.6) is 5.75 Å². The van der Waals surface area contributed by atoms with Gasteiger partial charge in [0.15, 0.2) is 5.78 Å². The van der Waals surface area contributed by atoms with Gasteiger partial charge in [-0.25, -0.2) is 0 Å². The van der Waals surface area contributed by atoms with Crippen LogP contribution in [0.2, 0.25) is 0 Å². The Labute approximate surface area is 200 Å². The van der Waals surface area contributed by atoms with Gasteiger partial charge in [-0.2, -0.15) is 10.5 Å². The highest BCUT2D eigenvalue weighted by molar-refractivity contribution is 14.1. The van der Waals surface area contributed by atoms with Gasteiger partial charge in [-0.3, -0.25) is 4.79 Å². The van der Waals surface area contributed by atoms with E-state index in [1.807, 2.05) is 43.4 Å². The molecule has 160 valence electrons. The van der Waals surface area contributed by atoms with Gasteiger partial charge in [-0.05, 0) is 59.2 Å². The van der Waals surface area contributed by atoms with Crippen LogP contribution in [0.3, 0.4) is 0 Å². The number of nitrogens with zero attached hydrogens (tertiary/aromatic N) is 3. The third-order valence-electron chi connectivity index (χ3n) is 5.98. The molecule has 4 rings (SSSR count). The largest absolute Gasteiger partial charge is 0.488 e. The highest BCUT2D eigenvalue weighted by Crippen LogP contribution is 2.44. The monoisotopic (exact) mass is 536 g/mol. The maximum Gasteiger partial charge on any atom is 0.161 e. The number of nitriles is 2. The van der Waals surface area contributed by atoms with E-state index in [1.54, 1.807) is 11.0 Å². The second-order valence-corrected chi connectivity index (χ2v) is 8.95. The summed E-state index contributed by atoms with van der Waals surface area (Å²) in [7, 11) is 1.82. The van der Waals surface area contributed by atoms with E-state index < -0.39 is 5.92 Å². The van der Waals surface area contributed by atoms with Crippen LogP contribution in [0.4, 0.5) is 0 Å². The Morgan fingerprint density at radius 3 is 2.69 bits per heavy atom. The fraction of sp³-hybridized carbons (Fsp3) is 0.240. The summed E-state index contributed by atoms with van der Waals surface area (Å²) in [6.07, 6.45) is 2.04. The Bertz CT molecular complexity index is 1250. The Morgan fingerprint density at radius 2 is 1.97 bits per heavy atom. The number of hydrogen-bond acceptors (Lipinski definition) is 6. The number of ether oxygens (including phenoxy) is 1. The minimum atomic E-state index is -0.471. The maximum atomic E-state index is 12.9. The van der Waals surface area contributed by atoms with Gasteiger partial charge in [0.05, 0.1) is 32.8 Å². The van der Waals surface area contributed by atoms with Crippen molar-refractivity contribution in [3.05, 3.63) is 85.4 Å². The van der Waals surface area contributed by atoms with E-state index in [0.29, 0.717) is 34.7 Å². The van der Waals surface area contributed by atoms with Crippen molar-refractivity contribution in [3.63, 3.8) is 0 Å². The van der Waals surface area contributed by atoms with E-state index in [9.17, 15) is 15.3 Å². The first-order chi connectivity index (χ1) is 15.5. The fourth-order valence-corrected chi connectivity index (χ4v) is 5.02.